The van der Waals surface area contributed by atoms with E-state index in [0.29, 0.717) is 5.69 Å². The maximum Gasteiger partial charge on any atom is 0.261 e. The second-order valence-electron chi connectivity index (χ2n) is 3.99. The lowest BCUT2D eigenvalue weighted by Gasteiger charge is -2.18. The van der Waals surface area contributed by atoms with Gasteiger partial charge in [0.25, 0.3) is 5.91 Å². The molecule has 0 saturated carbocycles. The van der Waals surface area contributed by atoms with Gasteiger partial charge in [-0.1, -0.05) is 12.1 Å². The van der Waals surface area contributed by atoms with Gasteiger partial charge in [0.1, 0.15) is 5.75 Å². The predicted octanol–water partition coefficient (Wildman–Crippen LogP) is 2.95. The Morgan fingerprint density at radius 1 is 1.16 bits per heavy atom. The van der Waals surface area contributed by atoms with Gasteiger partial charge in [-0.2, -0.15) is 0 Å². The van der Waals surface area contributed by atoms with Crippen molar-refractivity contribution in [1.82, 2.24) is 0 Å². The lowest BCUT2D eigenvalue weighted by molar-refractivity contribution is 0.0988. The number of hydrogen-bond acceptors (Lipinski definition) is 2. The van der Waals surface area contributed by atoms with Gasteiger partial charge in [-0.25, -0.2) is 8.78 Å². The smallest absolute Gasteiger partial charge is 0.261 e. The zero-order valence-electron chi connectivity index (χ0n) is 10.1. The molecule has 3 nitrogen and oxygen atoms in total. The van der Waals surface area contributed by atoms with Crippen LogP contribution in [0, 0.1) is 11.6 Å². The third-order valence-electron chi connectivity index (χ3n) is 2.70. The van der Waals surface area contributed by atoms with Gasteiger partial charge in [0.05, 0.1) is 5.56 Å². The summed E-state index contributed by atoms with van der Waals surface area (Å²) in [6, 6.07) is 9.35. The topological polar surface area (TPSA) is 40.5 Å². The van der Waals surface area contributed by atoms with Crippen molar-refractivity contribution in [3.8, 4) is 5.75 Å². The van der Waals surface area contributed by atoms with E-state index in [-0.39, 0.29) is 11.3 Å². The van der Waals surface area contributed by atoms with Crippen LogP contribution < -0.4 is 4.90 Å². The molecule has 0 radical (unpaired) electrons. The number of nitrogens with zero attached hydrogens (tertiary/aromatic N) is 1. The Labute approximate surface area is 108 Å². The first-order chi connectivity index (χ1) is 9.00. The zero-order chi connectivity index (χ0) is 14.0. The minimum atomic E-state index is -1.18. The van der Waals surface area contributed by atoms with Crippen molar-refractivity contribution in [3.05, 3.63) is 59.7 Å². The van der Waals surface area contributed by atoms with Crippen LogP contribution in [0.1, 0.15) is 10.4 Å². The molecule has 0 saturated heterocycles. The Morgan fingerprint density at radius 3 is 2.53 bits per heavy atom. The summed E-state index contributed by atoms with van der Waals surface area (Å²) in [7, 11) is 1.42. The van der Waals surface area contributed by atoms with Gasteiger partial charge >= 0.3 is 0 Å². The van der Waals surface area contributed by atoms with Crippen LogP contribution in [0.4, 0.5) is 14.5 Å². The van der Waals surface area contributed by atoms with Crippen LogP contribution in [0.2, 0.25) is 0 Å². The molecule has 2 aromatic carbocycles. The normalized spacial score (nSPS) is 10.3. The third-order valence-corrected chi connectivity index (χ3v) is 2.70. The summed E-state index contributed by atoms with van der Waals surface area (Å²) in [5, 5.41) is 9.34. The van der Waals surface area contributed by atoms with Crippen molar-refractivity contribution in [2.75, 3.05) is 11.9 Å². The van der Waals surface area contributed by atoms with E-state index in [1.54, 1.807) is 12.1 Å². The van der Waals surface area contributed by atoms with Crippen molar-refractivity contribution in [2.24, 2.45) is 0 Å². The number of carbonyl (C=O) groups is 1. The molecule has 0 bridgehead atoms. The SMILES string of the molecule is CN(C(=O)c1cccc(F)c1F)c1cccc(O)c1. The second-order valence-corrected chi connectivity index (χ2v) is 3.99. The molecular weight excluding hydrogens is 252 g/mol. The average molecular weight is 263 g/mol. The third kappa shape index (κ3) is 2.54. The van der Waals surface area contributed by atoms with Gasteiger partial charge in [0.15, 0.2) is 11.6 Å². The first kappa shape index (κ1) is 13.0. The first-order valence-corrected chi connectivity index (χ1v) is 5.52. The van der Waals surface area contributed by atoms with Crippen LogP contribution in [-0.2, 0) is 0 Å². The quantitative estimate of drug-likeness (QED) is 0.905. The molecular formula is C14H11F2NO2. The van der Waals surface area contributed by atoms with E-state index < -0.39 is 17.5 Å². The minimum absolute atomic E-state index is 0.0168. The van der Waals surface area contributed by atoms with Crippen molar-refractivity contribution in [3.63, 3.8) is 0 Å². The number of anilines is 1. The van der Waals surface area contributed by atoms with E-state index in [1.165, 1.54) is 31.3 Å². The molecule has 5 heteroatoms. The molecule has 0 spiro atoms. The van der Waals surface area contributed by atoms with Crippen molar-refractivity contribution < 1.29 is 18.7 Å². The summed E-state index contributed by atoms with van der Waals surface area (Å²) in [6.45, 7) is 0. The number of amides is 1. The summed E-state index contributed by atoms with van der Waals surface area (Å²) in [5.41, 5.74) is 0.0273. The number of hydrogen-bond donors (Lipinski definition) is 1. The van der Waals surface area contributed by atoms with E-state index in [1.807, 2.05) is 0 Å². The van der Waals surface area contributed by atoms with Gasteiger partial charge in [-0.3, -0.25) is 4.79 Å². The van der Waals surface area contributed by atoms with Gasteiger partial charge in [0.2, 0.25) is 0 Å². The number of halogens is 2. The highest BCUT2D eigenvalue weighted by Gasteiger charge is 2.19. The Bertz CT molecular complexity index is 629. The molecule has 1 N–H and O–H groups in total. The summed E-state index contributed by atoms with van der Waals surface area (Å²) in [6.07, 6.45) is 0. The lowest BCUT2D eigenvalue weighted by Crippen LogP contribution is -2.27. The molecule has 19 heavy (non-hydrogen) atoms. The monoisotopic (exact) mass is 263 g/mol. The van der Waals surface area contributed by atoms with Crippen LogP contribution in [-0.4, -0.2) is 18.1 Å². The predicted molar refractivity (Wildman–Crippen MR) is 67.2 cm³/mol. The fourth-order valence-electron chi connectivity index (χ4n) is 1.67. The van der Waals surface area contributed by atoms with Crippen molar-refractivity contribution in [2.45, 2.75) is 0 Å². The fraction of sp³-hybridized carbons (Fsp3) is 0.0714. The van der Waals surface area contributed by atoms with Gasteiger partial charge in [0, 0.05) is 18.8 Å². The largest absolute Gasteiger partial charge is 0.508 e. The number of phenolic OH excluding ortho intramolecular Hbond substituents is 1. The summed E-state index contributed by atoms with van der Waals surface area (Å²) >= 11 is 0. The highest BCUT2D eigenvalue weighted by Crippen LogP contribution is 2.22. The molecule has 0 fully saturated rings. The van der Waals surface area contributed by atoms with E-state index >= 15 is 0 Å². The van der Waals surface area contributed by atoms with Crippen LogP contribution in [0.15, 0.2) is 42.5 Å². The molecule has 0 aliphatic rings. The van der Waals surface area contributed by atoms with Crippen LogP contribution in [0.3, 0.4) is 0 Å². The van der Waals surface area contributed by atoms with Gasteiger partial charge in [-0.15, -0.1) is 0 Å². The lowest BCUT2D eigenvalue weighted by atomic mass is 10.1. The maximum absolute atomic E-state index is 13.5. The van der Waals surface area contributed by atoms with Gasteiger partial charge in [-0.05, 0) is 24.3 Å². The number of aromatic hydroxyl groups is 1. The first-order valence-electron chi connectivity index (χ1n) is 5.52. The highest BCUT2D eigenvalue weighted by molar-refractivity contribution is 6.06. The van der Waals surface area contributed by atoms with E-state index in [0.717, 1.165) is 11.0 Å². The maximum atomic E-state index is 13.5. The Kier molecular flexibility index (Phi) is 3.46. The molecule has 0 aliphatic heterocycles. The molecule has 2 aromatic rings. The summed E-state index contributed by atoms with van der Waals surface area (Å²) in [4.78, 5) is 13.2. The van der Waals surface area contributed by atoms with E-state index in [4.69, 9.17) is 0 Å². The van der Waals surface area contributed by atoms with Gasteiger partial charge < -0.3 is 10.0 Å². The Balaban J connectivity index is 2.36. The van der Waals surface area contributed by atoms with E-state index in [9.17, 15) is 18.7 Å². The number of carbonyl (C=O) groups excluding carboxylic acids is 1. The molecule has 0 atom stereocenters. The highest BCUT2D eigenvalue weighted by atomic mass is 19.2. The second kappa shape index (κ2) is 5.06. The van der Waals surface area contributed by atoms with E-state index in [2.05, 4.69) is 0 Å². The van der Waals surface area contributed by atoms with Crippen molar-refractivity contribution >= 4 is 11.6 Å². The van der Waals surface area contributed by atoms with Crippen molar-refractivity contribution in [1.29, 1.82) is 0 Å². The zero-order valence-corrected chi connectivity index (χ0v) is 10.1. The number of benzene rings is 2. The standard InChI is InChI=1S/C14H11F2NO2/c1-17(9-4-2-5-10(18)8-9)14(19)11-6-3-7-12(15)13(11)16/h2-8,18H,1H3. The molecule has 98 valence electrons. The molecule has 0 heterocycles. The average Bonchev–Trinajstić information content (AvgIpc) is 2.40. The molecule has 0 aliphatic carbocycles. The Hall–Kier alpha value is -2.43. The number of phenols is 1. The molecule has 2 rings (SSSR count). The fourth-order valence-corrected chi connectivity index (χ4v) is 1.67. The molecule has 0 unspecified atom stereocenters. The minimum Gasteiger partial charge on any atom is -0.508 e. The summed E-state index contributed by atoms with van der Waals surface area (Å²) in [5.74, 6) is -2.96. The molecule has 1 amide bonds. The van der Waals surface area contributed by atoms with Crippen LogP contribution in [0.25, 0.3) is 0 Å². The number of rotatable bonds is 2. The Morgan fingerprint density at radius 2 is 1.84 bits per heavy atom. The molecule has 0 aromatic heterocycles. The van der Waals surface area contributed by atoms with Crippen LogP contribution >= 0.6 is 0 Å². The summed E-state index contributed by atoms with van der Waals surface area (Å²) < 4.78 is 26.6. The van der Waals surface area contributed by atoms with Crippen LogP contribution in [0.5, 0.6) is 5.75 Å².